The van der Waals surface area contributed by atoms with Crippen LogP contribution in [0.3, 0.4) is 0 Å². The number of nitrogens with one attached hydrogen (secondary N) is 1. The number of nitrogens with zero attached hydrogens (tertiary/aromatic N) is 2. The lowest BCUT2D eigenvalue weighted by Gasteiger charge is -2.18. The van der Waals surface area contributed by atoms with Gasteiger partial charge in [0.1, 0.15) is 0 Å². The molecule has 4 amide bonds. The summed E-state index contributed by atoms with van der Waals surface area (Å²) in [6.07, 6.45) is 11.8. The number of imide groups is 2. The number of hydrogen-bond donors (Lipinski definition) is 1. The van der Waals surface area contributed by atoms with Gasteiger partial charge in [0.15, 0.2) is 0 Å². The van der Waals surface area contributed by atoms with Crippen molar-refractivity contribution >= 4 is 23.6 Å². The summed E-state index contributed by atoms with van der Waals surface area (Å²) in [5, 5.41) is 3.33. The molecule has 0 aromatic rings. The minimum Gasteiger partial charge on any atom is -0.317 e. The average Bonchev–Trinajstić information content (AvgIpc) is 3.58. The fourth-order valence-electron chi connectivity index (χ4n) is 7.22. The molecule has 6 aliphatic rings. The summed E-state index contributed by atoms with van der Waals surface area (Å²) in [6, 6.07) is 0. The van der Waals surface area contributed by atoms with Gasteiger partial charge in [0.25, 0.3) is 0 Å². The number of fused-ring (bicyclic) bond motifs is 10. The first-order valence-electron chi connectivity index (χ1n) is 11.8. The van der Waals surface area contributed by atoms with Crippen molar-refractivity contribution in [3.8, 4) is 0 Å². The Morgan fingerprint density at radius 1 is 0.613 bits per heavy atom. The zero-order valence-corrected chi connectivity index (χ0v) is 17.6. The summed E-state index contributed by atoms with van der Waals surface area (Å²) in [6.45, 7) is 2.36. The van der Waals surface area contributed by atoms with Crippen molar-refractivity contribution in [1.29, 1.82) is 0 Å². The van der Waals surface area contributed by atoms with E-state index in [4.69, 9.17) is 0 Å². The molecule has 0 aromatic heterocycles. The molecule has 31 heavy (non-hydrogen) atoms. The van der Waals surface area contributed by atoms with Crippen LogP contribution in [0.15, 0.2) is 24.3 Å². The van der Waals surface area contributed by atoms with Crippen LogP contribution in [0.1, 0.15) is 25.7 Å². The van der Waals surface area contributed by atoms with Crippen LogP contribution in [0, 0.1) is 47.3 Å². The van der Waals surface area contributed by atoms with Gasteiger partial charge in [0.05, 0.1) is 23.7 Å². The Kier molecular flexibility index (Phi) is 4.46. The Labute approximate surface area is 181 Å². The van der Waals surface area contributed by atoms with Gasteiger partial charge >= 0.3 is 0 Å². The predicted molar refractivity (Wildman–Crippen MR) is 111 cm³/mol. The van der Waals surface area contributed by atoms with Crippen molar-refractivity contribution in [2.45, 2.75) is 25.7 Å². The van der Waals surface area contributed by atoms with Gasteiger partial charge in [-0.25, -0.2) is 0 Å². The summed E-state index contributed by atoms with van der Waals surface area (Å²) >= 11 is 0. The predicted octanol–water partition coefficient (Wildman–Crippen LogP) is 0.970. The van der Waals surface area contributed by atoms with Crippen molar-refractivity contribution < 1.29 is 19.2 Å². The summed E-state index contributed by atoms with van der Waals surface area (Å²) in [7, 11) is 0. The van der Waals surface area contributed by atoms with Crippen LogP contribution in [0.5, 0.6) is 0 Å². The zero-order valence-electron chi connectivity index (χ0n) is 17.6. The molecule has 2 aliphatic heterocycles. The van der Waals surface area contributed by atoms with E-state index in [1.165, 1.54) is 9.80 Å². The standard InChI is InChI=1S/C24H29N3O4/c28-21-17-13-3-4-14(11-13)18(17)22(29)26(21)9-1-7-25-8-2-10-27-23(30)19-15-5-6-16(12-15)20(19)24(27)31/h3-6,13-20,25H,1-2,7-12H2. The number of carbonyl (C=O) groups excluding carboxylic acids is 4. The molecule has 0 aromatic carbocycles. The van der Waals surface area contributed by atoms with Gasteiger partial charge in [-0.05, 0) is 62.4 Å². The average molecular weight is 424 g/mol. The number of allylic oxidation sites excluding steroid dienone is 4. The van der Waals surface area contributed by atoms with E-state index in [-0.39, 0.29) is 71.0 Å². The quantitative estimate of drug-likeness (QED) is 0.357. The lowest BCUT2D eigenvalue weighted by molar-refractivity contribution is -0.142. The number of amides is 4. The fourth-order valence-corrected chi connectivity index (χ4v) is 7.22. The molecule has 164 valence electrons. The van der Waals surface area contributed by atoms with E-state index in [0.717, 1.165) is 25.7 Å². The van der Waals surface area contributed by atoms with Gasteiger partial charge in [0, 0.05) is 13.1 Å². The van der Waals surface area contributed by atoms with E-state index in [9.17, 15) is 19.2 Å². The summed E-state index contributed by atoms with van der Waals surface area (Å²) in [5.74, 6) is 0.663. The summed E-state index contributed by atoms with van der Waals surface area (Å²) in [5.41, 5.74) is 0. The van der Waals surface area contributed by atoms with Crippen molar-refractivity contribution in [1.82, 2.24) is 15.1 Å². The molecule has 0 spiro atoms. The van der Waals surface area contributed by atoms with Crippen LogP contribution < -0.4 is 5.32 Å². The smallest absolute Gasteiger partial charge is 0.233 e. The number of carbonyl (C=O) groups is 4. The molecule has 2 saturated carbocycles. The summed E-state index contributed by atoms with van der Waals surface area (Å²) in [4.78, 5) is 53.6. The van der Waals surface area contributed by atoms with Crippen LogP contribution in [0.25, 0.3) is 0 Å². The van der Waals surface area contributed by atoms with Gasteiger partial charge in [-0.15, -0.1) is 0 Å². The van der Waals surface area contributed by atoms with Gasteiger partial charge in [-0.1, -0.05) is 24.3 Å². The van der Waals surface area contributed by atoms with Gasteiger partial charge in [0.2, 0.25) is 23.6 Å². The first kappa shape index (κ1) is 19.4. The second-order valence-corrected chi connectivity index (χ2v) is 10.1. The largest absolute Gasteiger partial charge is 0.317 e. The van der Waals surface area contributed by atoms with E-state index in [1.807, 2.05) is 0 Å². The zero-order chi connectivity index (χ0) is 21.3. The van der Waals surface area contributed by atoms with E-state index in [0.29, 0.717) is 26.2 Å². The van der Waals surface area contributed by atoms with Crippen LogP contribution in [0.4, 0.5) is 0 Å². The van der Waals surface area contributed by atoms with E-state index < -0.39 is 0 Å². The van der Waals surface area contributed by atoms with E-state index in [2.05, 4.69) is 29.6 Å². The highest BCUT2D eigenvalue weighted by Gasteiger charge is 2.60. The number of likely N-dealkylation sites (tertiary alicyclic amines) is 2. The molecule has 2 saturated heterocycles. The second-order valence-electron chi connectivity index (χ2n) is 10.1. The molecule has 4 fully saturated rings. The maximum absolute atomic E-state index is 12.7. The monoisotopic (exact) mass is 423 g/mol. The third-order valence-corrected chi connectivity index (χ3v) is 8.59. The Bertz CT molecular complexity index is 779. The van der Waals surface area contributed by atoms with Crippen LogP contribution in [-0.4, -0.2) is 59.6 Å². The highest BCUT2D eigenvalue weighted by molar-refractivity contribution is 6.07. The van der Waals surface area contributed by atoms with Crippen molar-refractivity contribution in [3.05, 3.63) is 24.3 Å². The molecule has 8 atom stereocenters. The van der Waals surface area contributed by atoms with Gasteiger partial charge in [-0.2, -0.15) is 0 Å². The number of rotatable bonds is 8. The molecule has 4 aliphatic carbocycles. The lowest BCUT2D eigenvalue weighted by Crippen LogP contribution is -2.36. The Morgan fingerprint density at radius 3 is 1.26 bits per heavy atom. The number of hydrogen-bond acceptors (Lipinski definition) is 5. The molecule has 7 nitrogen and oxygen atoms in total. The molecule has 1 N–H and O–H groups in total. The highest BCUT2D eigenvalue weighted by atomic mass is 16.2. The summed E-state index contributed by atoms with van der Waals surface area (Å²) < 4.78 is 0. The first-order valence-corrected chi connectivity index (χ1v) is 11.8. The van der Waals surface area contributed by atoms with Crippen LogP contribution in [-0.2, 0) is 19.2 Å². The molecule has 4 bridgehead atoms. The second kappa shape index (κ2) is 7.12. The first-order chi connectivity index (χ1) is 15.1. The lowest BCUT2D eigenvalue weighted by atomic mass is 9.85. The van der Waals surface area contributed by atoms with E-state index >= 15 is 0 Å². The van der Waals surface area contributed by atoms with Crippen LogP contribution in [0.2, 0.25) is 0 Å². The van der Waals surface area contributed by atoms with Gasteiger partial charge in [-0.3, -0.25) is 29.0 Å². The van der Waals surface area contributed by atoms with Gasteiger partial charge < -0.3 is 5.32 Å². The van der Waals surface area contributed by atoms with Crippen molar-refractivity contribution in [3.63, 3.8) is 0 Å². The van der Waals surface area contributed by atoms with Crippen molar-refractivity contribution in [2.24, 2.45) is 47.3 Å². The maximum atomic E-state index is 12.7. The maximum Gasteiger partial charge on any atom is 0.233 e. The third kappa shape index (κ3) is 2.75. The Hall–Kier alpha value is -2.28. The molecule has 8 unspecified atom stereocenters. The molecular formula is C24H29N3O4. The molecular weight excluding hydrogens is 394 g/mol. The topological polar surface area (TPSA) is 86.8 Å². The molecule has 6 rings (SSSR count). The fraction of sp³-hybridized carbons (Fsp3) is 0.667. The molecule has 7 heteroatoms. The normalized spacial score (nSPS) is 41.4. The third-order valence-electron chi connectivity index (χ3n) is 8.59. The highest BCUT2D eigenvalue weighted by Crippen LogP contribution is 2.53. The SMILES string of the molecule is O=C1C2C3C=CC(C3)C2C(=O)N1CCCNCCCN1C(=O)C2C3C=CC(C3)C2C1=O. The van der Waals surface area contributed by atoms with Crippen molar-refractivity contribution in [2.75, 3.05) is 26.2 Å². The van der Waals surface area contributed by atoms with E-state index in [1.54, 1.807) is 0 Å². The molecule has 0 radical (unpaired) electrons. The Balaban J connectivity index is 0.915. The Morgan fingerprint density at radius 2 is 0.935 bits per heavy atom. The van der Waals surface area contributed by atoms with Crippen LogP contribution >= 0.6 is 0 Å². The molecule has 2 heterocycles. The minimum absolute atomic E-state index is 0.0203. The minimum atomic E-state index is -0.115.